The summed E-state index contributed by atoms with van der Waals surface area (Å²) >= 11 is 0. The highest BCUT2D eigenvalue weighted by molar-refractivity contribution is 5.29. The Balaban J connectivity index is 1.53. The molecule has 0 bridgehead atoms. The van der Waals surface area contributed by atoms with Crippen molar-refractivity contribution in [1.82, 2.24) is 0 Å². The van der Waals surface area contributed by atoms with E-state index in [0.29, 0.717) is 18.7 Å². The van der Waals surface area contributed by atoms with Crippen molar-refractivity contribution in [2.45, 2.75) is 49.9 Å². The number of aliphatic hydroxyl groups is 1. The van der Waals surface area contributed by atoms with Gasteiger partial charge >= 0.3 is 0 Å². The number of likely N-dealkylation sites (N-methyl/N-ethyl adjacent to an activating group) is 1. The van der Waals surface area contributed by atoms with Crippen LogP contribution in [0.2, 0.25) is 0 Å². The van der Waals surface area contributed by atoms with Crippen LogP contribution in [-0.4, -0.2) is 50.5 Å². The summed E-state index contributed by atoms with van der Waals surface area (Å²) in [7, 11) is 4.56. The minimum Gasteiger partial charge on any atom is -0.385 e. The van der Waals surface area contributed by atoms with Crippen LogP contribution in [0.15, 0.2) is 60.7 Å². The Kier molecular flexibility index (Phi) is 8.25. The Labute approximate surface area is 175 Å². The summed E-state index contributed by atoms with van der Waals surface area (Å²) in [5.74, 6) is 0. The van der Waals surface area contributed by atoms with E-state index >= 15 is 0 Å². The number of nitrogens with one attached hydrogen (secondary N) is 1. The number of hydrogen-bond donors (Lipinski definition) is 3. The molecule has 4 heteroatoms. The molecule has 4 nitrogen and oxygen atoms in total. The van der Waals surface area contributed by atoms with Gasteiger partial charge in [-0.25, -0.2) is 0 Å². The maximum atomic E-state index is 10.6. The zero-order chi connectivity index (χ0) is 20.5. The molecular weight excluding hydrogens is 360 g/mol. The summed E-state index contributed by atoms with van der Waals surface area (Å²) in [5, 5.41) is 12.9. The van der Waals surface area contributed by atoms with Crippen LogP contribution in [0.1, 0.15) is 49.3 Å². The van der Waals surface area contributed by atoms with Crippen LogP contribution in [0.25, 0.3) is 0 Å². The molecule has 2 aromatic carbocycles. The van der Waals surface area contributed by atoms with Gasteiger partial charge < -0.3 is 20.1 Å². The zero-order valence-electron chi connectivity index (χ0n) is 18.0. The lowest BCUT2D eigenvalue weighted by Gasteiger charge is -2.38. The van der Waals surface area contributed by atoms with E-state index in [-0.39, 0.29) is 6.10 Å². The average molecular weight is 399 g/mol. The maximum Gasteiger partial charge on any atom is 0.146 e. The topological polar surface area (TPSA) is 50.5 Å². The van der Waals surface area contributed by atoms with Crippen molar-refractivity contribution in [1.29, 1.82) is 0 Å². The first-order valence-corrected chi connectivity index (χ1v) is 11.1. The van der Waals surface area contributed by atoms with E-state index in [0.717, 1.165) is 17.7 Å². The lowest BCUT2D eigenvalue weighted by atomic mass is 9.80. The molecule has 29 heavy (non-hydrogen) atoms. The maximum absolute atomic E-state index is 10.6. The molecule has 1 fully saturated rings. The lowest BCUT2D eigenvalue weighted by molar-refractivity contribution is -0.934. The summed E-state index contributed by atoms with van der Waals surface area (Å²) in [5.41, 5.74) is 2.59. The van der Waals surface area contributed by atoms with Crippen molar-refractivity contribution in [3.8, 4) is 0 Å². The summed E-state index contributed by atoms with van der Waals surface area (Å²) in [6, 6.07) is 20.5. The minimum atomic E-state index is -0.470. The third-order valence-electron chi connectivity index (χ3n) is 6.51. The normalized spacial score (nSPS) is 17.6. The van der Waals surface area contributed by atoms with E-state index in [2.05, 4.69) is 43.7 Å². The number of benzene rings is 2. The van der Waals surface area contributed by atoms with E-state index in [9.17, 15) is 5.11 Å². The Morgan fingerprint density at radius 3 is 2.00 bits per heavy atom. The van der Waals surface area contributed by atoms with Crippen LogP contribution in [-0.2, 0) is 4.74 Å². The van der Waals surface area contributed by atoms with E-state index < -0.39 is 6.10 Å². The second kappa shape index (κ2) is 10.9. The molecule has 0 unspecified atom stereocenters. The first kappa shape index (κ1) is 22.0. The zero-order valence-corrected chi connectivity index (χ0v) is 18.0. The molecule has 1 aliphatic carbocycles. The largest absolute Gasteiger partial charge is 0.385 e. The van der Waals surface area contributed by atoms with Gasteiger partial charge in [0.05, 0.1) is 20.7 Å². The van der Waals surface area contributed by atoms with Crippen LogP contribution in [0.4, 0.5) is 0 Å². The molecule has 0 saturated heterocycles. The first-order valence-electron chi connectivity index (χ1n) is 11.1. The van der Waals surface area contributed by atoms with Gasteiger partial charge in [0.2, 0.25) is 0 Å². The van der Waals surface area contributed by atoms with Crippen molar-refractivity contribution >= 4 is 0 Å². The molecule has 1 atom stereocenters. The van der Waals surface area contributed by atoms with Gasteiger partial charge in [-0.1, -0.05) is 67.1 Å². The van der Waals surface area contributed by atoms with Crippen molar-refractivity contribution in [3.05, 3.63) is 71.8 Å². The van der Waals surface area contributed by atoms with Gasteiger partial charge in [0, 0.05) is 12.8 Å². The molecule has 158 valence electrons. The standard InChI is InChI=1S/C25H36N2O2/c1-27(2)25(16-10-5-11-17-25)20-26-18-23(28)19-29-24(21-12-6-3-7-13-21)22-14-8-4-9-15-22/h3-4,6-9,12-15,23-24,26,28H,5,10-11,16-20H2,1-2H3/p+2/t23-/m0/s1. The molecule has 0 amide bonds. The molecule has 1 aliphatic rings. The first-order chi connectivity index (χ1) is 14.1. The van der Waals surface area contributed by atoms with E-state index in [1.807, 2.05) is 36.4 Å². The van der Waals surface area contributed by atoms with E-state index in [1.54, 1.807) is 4.90 Å². The molecule has 3 rings (SSSR count). The number of quaternary nitrogens is 2. The van der Waals surface area contributed by atoms with Gasteiger partial charge in [-0.2, -0.15) is 0 Å². The highest BCUT2D eigenvalue weighted by atomic mass is 16.5. The summed E-state index contributed by atoms with van der Waals surface area (Å²) < 4.78 is 6.22. The van der Waals surface area contributed by atoms with E-state index in [1.165, 1.54) is 32.1 Å². The van der Waals surface area contributed by atoms with E-state index in [4.69, 9.17) is 4.74 Å². The van der Waals surface area contributed by atoms with Crippen molar-refractivity contribution in [2.75, 3.05) is 33.8 Å². The predicted molar refractivity (Wildman–Crippen MR) is 117 cm³/mol. The molecular formula is C25H38N2O2+2. The Morgan fingerprint density at radius 1 is 0.931 bits per heavy atom. The third-order valence-corrected chi connectivity index (χ3v) is 6.51. The van der Waals surface area contributed by atoms with Gasteiger partial charge in [-0.05, 0) is 24.0 Å². The van der Waals surface area contributed by atoms with Gasteiger partial charge in [0.15, 0.2) is 0 Å². The number of rotatable bonds is 10. The molecule has 0 radical (unpaired) electrons. The number of hydrogen-bond acceptors (Lipinski definition) is 2. The van der Waals surface area contributed by atoms with Gasteiger partial charge in [0.1, 0.15) is 30.8 Å². The van der Waals surface area contributed by atoms with Gasteiger partial charge in [0.25, 0.3) is 0 Å². The van der Waals surface area contributed by atoms with Crippen LogP contribution < -0.4 is 10.2 Å². The fourth-order valence-electron chi connectivity index (χ4n) is 4.60. The number of nitrogens with two attached hydrogens (primary N) is 1. The third kappa shape index (κ3) is 6.13. The highest BCUT2D eigenvalue weighted by Crippen LogP contribution is 2.26. The summed E-state index contributed by atoms with van der Waals surface area (Å²) in [6.07, 6.45) is 6.00. The van der Waals surface area contributed by atoms with Crippen LogP contribution >= 0.6 is 0 Å². The van der Waals surface area contributed by atoms with Crippen molar-refractivity contribution in [3.63, 3.8) is 0 Å². The summed E-state index contributed by atoms with van der Waals surface area (Å²) in [4.78, 5) is 1.55. The van der Waals surface area contributed by atoms with Crippen LogP contribution in [0.5, 0.6) is 0 Å². The molecule has 4 N–H and O–H groups in total. The Morgan fingerprint density at radius 2 is 1.48 bits per heavy atom. The number of ether oxygens (including phenoxy) is 1. The quantitative estimate of drug-likeness (QED) is 0.569. The smallest absolute Gasteiger partial charge is 0.146 e. The predicted octanol–water partition coefficient (Wildman–Crippen LogP) is 1.56. The average Bonchev–Trinajstić information content (AvgIpc) is 2.76. The second-order valence-corrected chi connectivity index (χ2v) is 8.76. The Hall–Kier alpha value is -1.72. The lowest BCUT2D eigenvalue weighted by Crippen LogP contribution is -3.19. The SMILES string of the molecule is C[NH+](C)C1(C[NH2+]C[C@H](O)COC(c2ccccc2)c2ccccc2)CCCCC1. The van der Waals surface area contributed by atoms with Gasteiger partial charge in [-0.3, -0.25) is 0 Å². The number of aliphatic hydroxyl groups excluding tert-OH is 1. The van der Waals surface area contributed by atoms with Gasteiger partial charge in [-0.15, -0.1) is 0 Å². The summed E-state index contributed by atoms with van der Waals surface area (Å²) in [6.45, 7) is 2.10. The molecule has 0 heterocycles. The minimum absolute atomic E-state index is 0.150. The molecule has 0 spiro atoms. The van der Waals surface area contributed by atoms with Crippen LogP contribution in [0.3, 0.4) is 0 Å². The fraction of sp³-hybridized carbons (Fsp3) is 0.520. The molecule has 1 saturated carbocycles. The monoisotopic (exact) mass is 398 g/mol. The second-order valence-electron chi connectivity index (χ2n) is 8.76. The molecule has 2 aromatic rings. The highest BCUT2D eigenvalue weighted by Gasteiger charge is 2.39. The van der Waals surface area contributed by atoms with Crippen molar-refractivity contribution in [2.24, 2.45) is 0 Å². The molecule has 0 aliphatic heterocycles. The molecule has 0 aromatic heterocycles. The fourth-order valence-corrected chi connectivity index (χ4v) is 4.60. The van der Waals surface area contributed by atoms with Crippen LogP contribution in [0, 0.1) is 0 Å². The Bertz CT molecular complexity index is 660. The van der Waals surface area contributed by atoms with Crippen molar-refractivity contribution < 1.29 is 20.1 Å².